The number of piperidine rings is 1. The number of rotatable bonds is 6. The standard InChI is InChI=1S/C21H22F2N4O2S2/c1-14-6-5-9-27(20(14)15-7-3-2-4-8-15)12-16-10-18(23)19(11-17(16)22)31(28,29)26-21-24-13-25-30-21/h2-4,7-8,10-11,13-14,20H,5-6,9,12H2,1H3,(H,24,25,26)/t14?,20-/m1/s1. The summed E-state index contributed by atoms with van der Waals surface area (Å²) >= 11 is 0.805. The first-order valence-electron chi connectivity index (χ1n) is 9.91. The third-order valence-electron chi connectivity index (χ3n) is 5.53. The Balaban J connectivity index is 1.61. The second kappa shape index (κ2) is 8.97. The maximum Gasteiger partial charge on any atom is 0.266 e. The van der Waals surface area contributed by atoms with E-state index in [9.17, 15) is 17.2 Å². The third kappa shape index (κ3) is 4.76. The van der Waals surface area contributed by atoms with Crippen LogP contribution in [0.1, 0.15) is 36.9 Å². The average Bonchev–Trinajstić information content (AvgIpc) is 3.23. The number of hydrogen-bond acceptors (Lipinski definition) is 6. The van der Waals surface area contributed by atoms with E-state index in [1.807, 2.05) is 30.3 Å². The molecule has 3 aromatic rings. The smallest absolute Gasteiger partial charge is 0.266 e. The van der Waals surface area contributed by atoms with Crippen molar-refractivity contribution in [3.63, 3.8) is 0 Å². The highest BCUT2D eigenvalue weighted by Crippen LogP contribution is 2.37. The fourth-order valence-corrected chi connectivity index (χ4v) is 5.88. The Morgan fingerprint density at radius 1 is 1.19 bits per heavy atom. The minimum absolute atomic E-state index is 0.0168. The number of anilines is 1. The van der Waals surface area contributed by atoms with Crippen molar-refractivity contribution in [2.45, 2.75) is 37.2 Å². The van der Waals surface area contributed by atoms with E-state index in [0.29, 0.717) is 5.92 Å². The molecule has 1 aliphatic rings. The summed E-state index contributed by atoms with van der Waals surface area (Å²) in [5.74, 6) is -1.40. The van der Waals surface area contributed by atoms with Crippen LogP contribution in [0.2, 0.25) is 0 Å². The summed E-state index contributed by atoms with van der Waals surface area (Å²) in [5, 5.41) is -0.0168. The molecule has 4 rings (SSSR count). The second-order valence-electron chi connectivity index (χ2n) is 7.67. The van der Waals surface area contributed by atoms with E-state index in [-0.39, 0.29) is 23.3 Å². The first-order chi connectivity index (χ1) is 14.8. The molecule has 1 unspecified atom stereocenters. The third-order valence-corrected chi connectivity index (χ3v) is 7.59. The molecular weight excluding hydrogens is 442 g/mol. The molecule has 1 saturated heterocycles. The monoisotopic (exact) mass is 464 g/mol. The maximum atomic E-state index is 14.9. The van der Waals surface area contributed by atoms with Crippen LogP contribution in [0.4, 0.5) is 13.9 Å². The van der Waals surface area contributed by atoms with Gasteiger partial charge in [0.1, 0.15) is 22.9 Å². The summed E-state index contributed by atoms with van der Waals surface area (Å²) in [7, 11) is -4.32. The van der Waals surface area contributed by atoms with Crippen LogP contribution >= 0.6 is 11.5 Å². The van der Waals surface area contributed by atoms with Gasteiger partial charge in [-0.25, -0.2) is 22.2 Å². The fraction of sp³-hybridized carbons (Fsp3) is 0.333. The van der Waals surface area contributed by atoms with E-state index in [0.717, 1.165) is 48.6 Å². The number of benzene rings is 2. The van der Waals surface area contributed by atoms with Crippen molar-refractivity contribution in [3.8, 4) is 0 Å². The largest absolute Gasteiger partial charge is 0.292 e. The number of likely N-dealkylation sites (tertiary alicyclic amines) is 1. The molecule has 2 heterocycles. The zero-order valence-corrected chi connectivity index (χ0v) is 18.5. The van der Waals surface area contributed by atoms with Gasteiger partial charge in [0, 0.05) is 29.7 Å². The van der Waals surface area contributed by atoms with E-state index in [2.05, 4.69) is 25.9 Å². The van der Waals surface area contributed by atoms with Gasteiger partial charge in [-0.3, -0.25) is 9.62 Å². The predicted molar refractivity (Wildman–Crippen MR) is 115 cm³/mol. The lowest BCUT2D eigenvalue weighted by Gasteiger charge is -2.40. The lowest BCUT2D eigenvalue weighted by molar-refractivity contribution is 0.0921. The number of sulfonamides is 1. The second-order valence-corrected chi connectivity index (χ2v) is 10.1. The highest BCUT2D eigenvalue weighted by molar-refractivity contribution is 7.93. The Morgan fingerprint density at radius 2 is 1.97 bits per heavy atom. The quantitative estimate of drug-likeness (QED) is 0.578. The van der Waals surface area contributed by atoms with Crippen LogP contribution in [-0.2, 0) is 16.6 Å². The highest BCUT2D eigenvalue weighted by atomic mass is 32.2. The maximum absolute atomic E-state index is 14.9. The van der Waals surface area contributed by atoms with Crippen LogP contribution in [-0.4, -0.2) is 29.2 Å². The zero-order valence-electron chi connectivity index (χ0n) is 16.8. The van der Waals surface area contributed by atoms with Gasteiger partial charge in [0.05, 0.1) is 0 Å². The van der Waals surface area contributed by atoms with Crippen molar-refractivity contribution in [1.82, 2.24) is 14.3 Å². The number of nitrogens with one attached hydrogen (secondary N) is 1. The molecule has 0 amide bonds. The first-order valence-corrected chi connectivity index (χ1v) is 12.2. The molecule has 31 heavy (non-hydrogen) atoms. The van der Waals surface area contributed by atoms with E-state index >= 15 is 0 Å². The number of halogens is 2. The van der Waals surface area contributed by atoms with Gasteiger partial charge < -0.3 is 0 Å². The summed E-state index contributed by atoms with van der Waals surface area (Å²) in [6.07, 6.45) is 3.19. The number of hydrogen-bond donors (Lipinski definition) is 1. The molecule has 2 aromatic carbocycles. The Hall–Kier alpha value is -2.43. The first kappa shape index (κ1) is 21.8. The molecule has 0 radical (unpaired) electrons. The summed E-state index contributed by atoms with van der Waals surface area (Å²) in [6.45, 7) is 3.11. The van der Waals surface area contributed by atoms with Gasteiger partial charge in [0.2, 0.25) is 5.13 Å². The predicted octanol–water partition coefficient (Wildman–Crippen LogP) is 4.59. The number of nitrogens with zero attached hydrogens (tertiary/aromatic N) is 3. The summed E-state index contributed by atoms with van der Waals surface area (Å²) in [6, 6.07) is 11.8. The summed E-state index contributed by atoms with van der Waals surface area (Å²) < 4.78 is 60.4. The summed E-state index contributed by atoms with van der Waals surface area (Å²) in [5.41, 5.74) is 1.26. The molecule has 6 nitrogen and oxygen atoms in total. The van der Waals surface area contributed by atoms with Crippen molar-refractivity contribution in [2.75, 3.05) is 11.3 Å². The van der Waals surface area contributed by atoms with E-state index in [4.69, 9.17) is 0 Å². The van der Waals surface area contributed by atoms with Crippen LogP contribution < -0.4 is 4.72 Å². The van der Waals surface area contributed by atoms with E-state index in [1.54, 1.807) is 0 Å². The summed E-state index contributed by atoms with van der Waals surface area (Å²) in [4.78, 5) is 5.09. The molecule has 164 valence electrons. The van der Waals surface area contributed by atoms with Crippen LogP contribution in [0.15, 0.2) is 53.7 Å². The topological polar surface area (TPSA) is 75.2 Å². The molecular formula is C21H22F2N4O2S2. The van der Waals surface area contributed by atoms with Crippen molar-refractivity contribution in [1.29, 1.82) is 0 Å². The van der Waals surface area contributed by atoms with Gasteiger partial charge in [-0.15, -0.1) is 0 Å². The molecule has 10 heteroatoms. The minimum Gasteiger partial charge on any atom is -0.292 e. The SMILES string of the molecule is CC1CCCN(Cc2cc(F)c(S(=O)(=O)Nc3ncns3)cc2F)[C@H]1c1ccccc1. The molecule has 0 bridgehead atoms. The van der Waals surface area contributed by atoms with Gasteiger partial charge in [0.15, 0.2) is 0 Å². The molecule has 1 fully saturated rings. The Kier molecular flexibility index (Phi) is 6.31. The van der Waals surface area contributed by atoms with Crippen LogP contribution in [0.25, 0.3) is 0 Å². The molecule has 0 spiro atoms. The Morgan fingerprint density at radius 3 is 2.68 bits per heavy atom. The van der Waals surface area contributed by atoms with Crippen LogP contribution in [0.3, 0.4) is 0 Å². The number of aromatic nitrogens is 2. The van der Waals surface area contributed by atoms with Crippen molar-refractivity contribution in [3.05, 3.63) is 71.6 Å². The zero-order chi connectivity index (χ0) is 22.0. The van der Waals surface area contributed by atoms with Crippen molar-refractivity contribution >= 4 is 26.7 Å². The van der Waals surface area contributed by atoms with Crippen LogP contribution in [0, 0.1) is 17.6 Å². The van der Waals surface area contributed by atoms with E-state index in [1.165, 1.54) is 6.33 Å². The van der Waals surface area contributed by atoms with Crippen molar-refractivity contribution < 1.29 is 17.2 Å². The molecule has 2 atom stereocenters. The van der Waals surface area contributed by atoms with Crippen LogP contribution in [0.5, 0.6) is 0 Å². The molecule has 0 aliphatic carbocycles. The van der Waals surface area contributed by atoms with Gasteiger partial charge in [-0.2, -0.15) is 4.37 Å². The fourth-order valence-electron chi connectivity index (χ4n) is 4.14. The molecule has 1 aliphatic heterocycles. The Bertz CT molecular complexity index is 1140. The normalized spacial score (nSPS) is 20.0. The highest BCUT2D eigenvalue weighted by Gasteiger charge is 2.31. The molecule has 0 saturated carbocycles. The van der Waals surface area contributed by atoms with Gasteiger partial charge >= 0.3 is 0 Å². The lowest BCUT2D eigenvalue weighted by Crippen LogP contribution is -2.37. The van der Waals surface area contributed by atoms with Gasteiger partial charge in [-0.1, -0.05) is 37.3 Å². The Labute approximate surface area is 184 Å². The average molecular weight is 465 g/mol. The van der Waals surface area contributed by atoms with E-state index < -0.39 is 26.6 Å². The van der Waals surface area contributed by atoms with Gasteiger partial charge in [0.25, 0.3) is 10.0 Å². The lowest BCUT2D eigenvalue weighted by atomic mass is 9.85. The molecule has 1 N–H and O–H groups in total. The molecule has 1 aromatic heterocycles. The minimum atomic E-state index is -4.32. The van der Waals surface area contributed by atoms with Gasteiger partial charge in [-0.05, 0) is 43.0 Å². The van der Waals surface area contributed by atoms with Crippen molar-refractivity contribution in [2.24, 2.45) is 5.92 Å².